The number of amides is 1. The van der Waals surface area contributed by atoms with E-state index in [1.165, 1.54) is 6.20 Å². The van der Waals surface area contributed by atoms with E-state index in [2.05, 4.69) is 10.3 Å². The van der Waals surface area contributed by atoms with E-state index in [1.54, 1.807) is 19.2 Å². The van der Waals surface area contributed by atoms with Crippen LogP contribution in [0.5, 0.6) is 0 Å². The molecule has 0 aromatic carbocycles. The second-order valence-corrected chi connectivity index (χ2v) is 3.22. The Kier molecular flexibility index (Phi) is 4.05. The van der Waals surface area contributed by atoms with Crippen LogP contribution in [0, 0.1) is 0 Å². The van der Waals surface area contributed by atoms with E-state index in [-0.39, 0.29) is 6.10 Å². The Hall–Kier alpha value is -1.62. The second kappa shape index (κ2) is 5.31. The Morgan fingerprint density at radius 2 is 2.40 bits per heavy atom. The quantitative estimate of drug-likeness (QED) is 0.745. The number of nitrogens with zero attached hydrogens (tertiary/aromatic N) is 1. The zero-order chi connectivity index (χ0) is 11.3. The van der Waals surface area contributed by atoms with Crippen LogP contribution in [0.1, 0.15) is 17.3 Å². The average molecular weight is 209 g/mol. The molecule has 0 radical (unpaired) electrons. The number of carbonyl (C=O) groups is 1. The number of nitrogens with one attached hydrogen (secondary N) is 1. The summed E-state index contributed by atoms with van der Waals surface area (Å²) in [5, 5.41) is 3.07. The number of ether oxygens (including phenoxy) is 1. The number of methoxy groups -OCH3 is 1. The predicted octanol–water partition coefficient (Wildman–Crippen LogP) is 0.627. The van der Waals surface area contributed by atoms with Crippen LogP contribution in [0.2, 0.25) is 0 Å². The number of pyridine rings is 1. The molecule has 1 amide bonds. The van der Waals surface area contributed by atoms with Crippen LogP contribution >= 0.6 is 0 Å². The molecule has 1 rings (SSSR count). The van der Waals surface area contributed by atoms with Crippen molar-refractivity contribution < 1.29 is 9.53 Å². The van der Waals surface area contributed by atoms with E-state index in [0.717, 1.165) is 0 Å². The summed E-state index contributed by atoms with van der Waals surface area (Å²) in [7, 11) is 1.65. The first-order valence-corrected chi connectivity index (χ1v) is 4.66. The van der Waals surface area contributed by atoms with Gasteiger partial charge in [0.15, 0.2) is 0 Å². The van der Waals surface area contributed by atoms with Crippen molar-refractivity contribution in [2.75, 3.05) is 19.0 Å². The summed E-state index contributed by atoms with van der Waals surface area (Å²) >= 11 is 0. The van der Waals surface area contributed by atoms with Crippen molar-refractivity contribution in [1.82, 2.24) is 4.98 Å². The Bertz CT molecular complexity index is 324. The molecule has 5 heteroatoms. The molecular weight excluding hydrogens is 194 g/mol. The van der Waals surface area contributed by atoms with Crippen LogP contribution in [-0.4, -0.2) is 30.6 Å². The third kappa shape index (κ3) is 3.55. The van der Waals surface area contributed by atoms with Gasteiger partial charge in [0.05, 0.1) is 11.7 Å². The molecule has 82 valence electrons. The fourth-order valence-corrected chi connectivity index (χ4v) is 0.976. The Morgan fingerprint density at radius 1 is 1.67 bits per heavy atom. The number of primary amides is 1. The number of rotatable bonds is 5. The first kappa shape index (κ1) is 11.5. The van der Waals surface area contributed by atoms with Crippen molar-refractivity contribution in [2.45, 2.75) is 13.0 Å². The molecule has 0 bridgehead atoms. The molecular formula is C10H15N3O2. The van der Waals surface area contributed by atoms with E-state index in [9.17, 15) is 4.79 Å². The highest BCUT2D eigenvalue weighted by Gasteiger charge is 2.02. The van der Waals surface area contributed by atoms with Crippen molar-refractivity contribution >= 4 is 11.7 Å². The minimum Gasteiger partial charge on any atom is -0.380 e. The standard InChI is InChI=1S/C10H15N3O2/c1-7(15-2)5-12-9-4-3-8(6-13-9)10(11)14/h3-4,6-7H,5H2,1-2H3,(H2,11,14)(H,12,13). The number of hydrogen-bond acceptors (Lipinski definition) is 4. The second-order valence-electron chi connectivity index (χ2n) is 3.22. The lowest BCUT2D eigenvalue weighted by molar-refractivity contribution is 0.1000. The number of nitrogens with two attached hydrogens (primary N) is 1. The smallest absolute Gasteiger partial charge is 0.250 e. The third-order valence-corrected chi connectivity index (χ3v) is 2.02. The number of carbonyl (C=O) groups excluding carboxylic acids is 1. The van der Waals surface area contributed by atoms with Gasteiger partial charge in [0.1, 0.15) is 5.82 Å². The maximum Gasteiger partial charge on any atom is 0.250 e. The summed E-state index contributed by atoms with van der Waals surface area (Å²) in [5.41, 5.74) is 5.49. The molecule has 3 N–H and O–H groups in total. The molecule has 1 aromatic rings. The molecule has 1 aromatic heterocycles. The maximum absolute atomic E-state index is 10.8. The molecule has 0 aliphatic rings. The molecule has 5 nitrogen and oxygen atoms in total. The molecule has 0 saturated heterocycles. The van der Waals surface area contributed by atoms with Gasteiger partial charge in [-0.1, -0.05) is 0 Å². The van der Waals surface area contributed by atoms with Gasteiger partial charge >= 0.3 is 0 Å². The normalized spacial score (nSPS) is 12.1. The van der Waals surface area contributed by atoms with Crippen LogP contribution in [0.4, 0.5) is 5.82 Å². The highest BCUT2D eigenvalue weighted by Crippen LogP contribution is 2.04. The molecule has 0 fully saturated rings. The van der Waals surface area contributed by atoms with E-state index >= 15 is 0 Å². The number of hydrogen-bond donors (Lipinski definition) is 2. The molecule has 1 atom stereocenters. The predicted molar refractivity (Wildman–Crippen MR) is 57.7 cm³/mol. The lowest BCUT2D eigenvalue weighted by Gasteiger charge is -2.10. The van der Waals surface area contributed by atoms with Gasteiger partial charge in [-0.25, -0.2) is 4.98 Å². The third-order valence-electron chi connectivity index (χ3n) is 2.02. The van der Waals surface area contributed by atoms with Gasteiger partial charge < -0.3 is 15.8 Å². The minimum absolute atomic E-state index is 0.114. The molecule has 0 aliphatic heterocycles. The molecule has 15 heavy (non-hydrogen) atoms. The van der Waals surface area contributed by atoms with Crippen LogP contribution in [0.25, 0.3) is 0 Å². The molecule has 0 saturated carbocycles. The molecule has 1 unspecified atom stereocenters. The van der Waals surface area contributed by atoms with Crippen LogP contribution in [0.15, 0.2) is 18.3 Å². The van der Waals surface area contributed by atoms with Crippen LogP contribution < -0.4 is 11.1 Å². The Balaban J connectivity index is 2.53. The fraction of sp³-hybridized carbons (Fsp3) is 0.400. The van der Waals surface area contributed by atoms with Crippen molar-refractivity contribution in [3.8, 4) is 0 Å². The fourth-order valence-electron chi connectivity index (χ4n) is 0.976. The minimum atomic E-state index is -0.473. The zero-order valence-electron chi connectivity index (χ0n) is 8.86. The lowest BCUT2D eigenvalue weighted by Crippen LogP contribution is -2.19. The van der Waals surface area contributed by atoms with Gasteiger partial charge in [-0.05, 0) is 19.1 Å². The first-order valence-electron chi connectivity index (χ1n) is 4.66. The van der Waals surface area contributed by atoms with Crippen molar-refractivity contribution in [3.05, 3.63) is 23.9 Å². The lowest BCUT2D eigenvalue weighted by atomic mass is 10.3. The Labute approximate surface area is 88.6 Å². The maximum atomic E-state index is 10.8. The molecule has 1 heterocycles. The van der Waals surface area contributed by atoms with E-state index in [1.807, 2.05) is 6.92 Å². The topological polar surface area (TPSA) is 77.2 Å². The van der Waals surface area contributed by atoms with Crippen LogP contribution in [-0.2, 0) is 4.74 Å². The number of aromatic nitrogens is 1. The summed E-state index contributed by atoms with van der Waals surface area (Å²) in [4.78, 5) is 14.8. The highest BCUT2D eigenvalue weighted by atomic mass is 16.5. The Morgan fingerprint density at radius 3 is 2.87 bits per heavy atom. The monoisotopic (exact) mass is 209 g/mol. The van der Waals surface area contributed by atoms with Gasteiger partial charge in [-0.15, -0.1) is 0 Å². The van der Waals surface area contributed by atoms with Gasteiger partial charge in [0.25, 0.3) is 0 Å². The van der Waals surface area contributed by atoms with Gasteiger partial charge in [0.2, 0.25) is 5.91 Å². The summed E-state index contributed by atoms with van der Waals surface area (Å²) in [6.45, 7) is 2.62. The average Bonchev–Trinajstić information content (AvgIpc) is 2.26. The molecule has 0 aliphatic carbocycles. The molecule has 0 spiro atoms. The van der Waals surface area contributed by atoms with Crippen molar-refractivity contribution in [2.24, 2.45) is 5.73 Å². The van der Waals surface area contributed by atoms with E-state index < -0.39 is 5.91 Å². The van der Waals surface area contributed by atoms with Gasteiger partial charge in [-0.3, -0.25) is 4.79 Å². The first-order chi connectivity index (χ1) is 7.13. The summed E-state index contributed by atoms with van der Waals surface area (Å²) in [5.74, 6) is 0.225. The SMILES string of the molecule is COC(C)CNc1ccc(C(N)=O)cn1. The van der Waals surface area contributed by atoms with Gasteiger partial charge in [-0.2, -0.15) is 0 Å². The van der Waals surface area contributed by atoms with Crippen molar-refractivity contribution in [1.29, 1.82) is 0 Å². The van der Waals surface area contributed by atoms with Crippen LogP contribution in [0.3, 0.4) is 0 Å². The highest BCUT2D eigenvalue weighted by molar-refractivity contribution is 5.92. The number of anilines is 1. The van der Waals surface area contributed by atoms with E-state index in [4.69, 9.17) is 10.5 Å². The summed E-state index contributed by atoms with van der Waals surface area (Å²) < 4.78 is 5.07. The van der Waals surface area contributed by atoms with Crippen molar-refractivity contribution in [3.63, 3.8) is 0 Å². The summed E-state index contributed by atoms with van der Waals surface area (Å²) in [6.07, 6.45) is 1.56. The van der Waals surface area contributed by atoms with E-state index in [0.29, 0.717) is 17.9 Å². The zero-order valence-corrected chi connectivity index (χ0v) is 8.86. The largest absolute Gasteiger partial charge is 0.380 e. The summed E-state index contributed by atoms with van der Waals surface area (Å²) in [6, 6.07) is 3.34. The van der Waals surface area contributed by atoms with Gasteiger partial charge in [0, 0.05) is 19.9 Å².